The van der Waals surface area contributed by atoms with Crippen molar-refractivity contribution in [2.45, 2.75) is 11.8 Å². The van der Waals surface area contributed by atoms with Crippen molar-refractivity contribution in [3.8, 4) is 0 Å². The first kappa shape index (κ1) is 9.11. The van der Waals surface area contributed by atoms with Crippen LogP contribution in [-0.2, 0) is 0 Å². The highest BCUT2D eigenvalue weighted by atomic mass is 35.5. The van der Waals surface area contributed by atoms with Gasteiger partial charge in [-0.1, -0.05) is 23.2 Å². The van der Waals surface area contributed by atoms with E-state index < -0.39 is 17.1 Å². The predicted octanol–water partition coefficient (Wildman–Crippen LogP) is 2.91. The highest BCUT2D eigenvalue weighted by molar-refractivity contribution is 6.28. The van der Waals surface area contributed by atoms with Crippen molar-refractivity contribution >= 4 is 23.2 Å². The lowest BCUT2D eigenvalue weighted by atomic mass is 10.4. The number of rotatable bonds is 2. The molecule has 2 atom stereocenters. The van der Waals surface area contributed by atoms with Gasteiger partial charge in [0.1, 0.15) is 0 Å². The summed E-state index contributed by atoms with van der Waals surface area (Å²) in [7, 11) is 0. The predicted molar refractivity (Wildman–Crippen MR) is 30.7 cm³/mol. The number of hydrogen-bond donors (Lipinski definition) is 0. The van der Waals surface area contributed by atoms with Gasteiger partial charge in [-0.25, -0.2) is 8.78 Å². The number of allylic oxidation sites excluding steroid dienone is 1. The summed E-state index contributed by atoms with van der Waals surface area (Å²) >= 11 is 9.11. The fraction of sp³-hybridized carbons (Fsp3) is 0.500. The first-order chi connectivity index (χ1) is 4.04. The maximum atomic E-state index is 11.9. The van der Waals surface area contributed by atoms with E-state index in [9.17, 15) is 13.2 Å². The molecule has 0 aliphatic heterocycles. The van der Waals surface area contributed by atoms with E-state index in [0.717, 1.165) is 0 Å². The molecule has 0 rings (SSSR count). The molecule has 9 heavy (non-hydrogen) atoms. The zero-order chi connectivity index (χ0) is 7.44. The quantitative estimate of drug-likeness (QED) is 0.571. The maximum Gasteiger partial charge on any atom is 0.208 e. The molecule has 0 aliphatic carbocycles. The standard InChI is InChI=1S/C4H3Cl2F3/c5-3(8)1-2(7)4(6)9/h1-2,4H. The zero-order valence-corrected chi connectivity index (χ0v) is 5.63. The molecule has 0 amide bonds. The van der Waals surface area contributed by atoms with Crippen LogP contribution in [0.3, 0.4) is 0 Å². The van der Waals surface area contributed by atoms with E-state index >= 15 is 0 Å². The maximum absolute atomic E-state index is 11.9. The molecule has 0 fully saturated rings. The monoisotopic (exact) mass is 178 g/mol. The molecule has 0 bridgehead atoms. The van der Waals surface area contributed by atoms with Crippen LogP contribution in [-0.4, -0.2) is 11.8 Å². The van der Waals surface area contributed by atoms with E-state index in [1.165, 1.54) is 0 Å². The van der Waals surface area contributed by atoms with Gasteiger partial charge in [0.15, 0.2) is 11.5 Å². The summed E-state index contributed by atoms with van der Waals surface area (Å²) in [6.07, 6.45) is -1.93. The summed E-state index contributed by atoms with van der Waals surface area (Å²) < 4.78 is 34.9. The van der Waals surface area contributed by atoms with E-state index in [4.69, 9.17) is 0 Å². The second-order valence-electron chi connectivity index (χ2n) is 1.24. The van der Waals surface area contributed by atoms with Crippen LogP contribution in [0.25, 0.3) is 0 Å². The molecule has 0 aromatic heterocycles. The highest BCUT2D eigenvalue weighted by Gasteiger charge is 2.14. The smallest absolute Gasteiger partial charge is 0.208 e. The van der Waals surface area contributed by atoms with Crippen LogP contribution in [0.1, 0.15) is 0 Å². The van der Waals surface area contributed by atoms with Crippen LogP contribution in [0, 0.1) is 0 Å². The molecule has 2 unspecified atom stereocenters. The number of alkyl halides is 3. The van der Waals surface area contributed by atoms with Gasteiger partial charge in [-0.15, -0.1) is 0 Å². The van der Waals surface area contributed by atoms with Crippen molar-refractivity contribution in [2.24, 2.45) is 0 Å². The molecule has 0 nitrogen and oxygen atoms in total. The minimum atomic E-state index is -2.24. The minimum absolute atomic E-state index is 0.249. The third kappa shape index (κ3) is 4.60. The Morgan fingerprint density at radius 2 is 1.89 bits per heavy atom. The summed E-state index contributed by atoms with van der Waals surface area (Å²) in [4.78, 5) is 0. The Hall–Kier alpha value is 0.110. The van der Waals surface area contributed by atoms with Crippen molar-refractivity contribution < 1.29 is 13.2 Å². The topological polar surface area (TPSA) is 0 Å². The minimum Gasteiger partial charge on any atom is -0.238 e. The van der Waals surface area contributed by atoms with Gasteiger partial charge in [-0.2, -0.15) is 4.39 Å². The lowest BCUT2D eigenvalue weighted by Gasteiger charge is -1.98. The summed E-state index contributed by atoms with van der Waals surface area (Å²) in [5, 5.41) is -1.30. The molecule has 0 N–H and O–H groups in total. The Kier molecular flexibility index (Phi) is 4.06. The fourth-order valence-electron chi connectivity index (χ4n) is 0.193. The van der Waals surface area contributed by atoms with Gasteiger partial charge in [0.05, 0.1) is 0 Å². The molecule has 54 valence electrons. The Balaban J connectivity index is 3.76. The van der Waals surface area contributed by atoms with Gasteiger partial charge < -0.3 is 0 Å². The molecule has 0 saturated carbocycles. The average Bonchev–Trinajstić information content (AvgIpc) is 1.63. The van der Waals surface area contributed by atoms with Gasteiger partial charge in [0.2, 0.25) is 5.63 Å². The van der Waals surface area contributed by atoms with Crippen LogP contribution < -0.4 is 0 Å². The molecule has 0 aromatic carbocycles. The summed E-state index contributed by atoms with van der Waals surface area (Å²) in [6, 6.07) is 0. The largest absolute Gasteiger partial charge is 0.238 e. The lowest BCUT2D eigenvalue weighted by molar-refractivity contribution is 0.273. The normalized spacial score (nSPS) is 19.4. The first-order valence-electron chi connectivity index (χ1n) is 1.99. The van der Waals surface area contributed by atoms with Gasteiger partial charge in [0, 0.05) is 6.08 Å². The highest BCUT2D eigenvalue weighted by Crippen LogP contribution is 2.13. The van der Waals surface area contributed by atoms with Crippen molar-refractivity contribution in [1.82, 2.24) is 0 Å². The third-order valence-electron chi connectivity index (χ3n) is 0.526. The molecule has 0 aliphatic rings. The molecule has 0 saturated heterocycles. The van der Waals surface area contributed by atoms with Crippen LogP contribution in [0.15, 0.2) is 11.4 Å². The van der Waals surface area contributed by atoms with E-state index in [1.54, 1.807) is 0 Å². The Labute approximate surface area is 60.2 Å². The molecule has 0 aromatic rings. The van der Waals surface area contributed by atoms with E-state index in [-0.39, 0.29) is 6.08 Å². The molecule has 5 heteroatoms. The van der Waals surface area contributed by atoms with Crippen LogP contribution in [0.4, 0.5) is 13.2 Å². The van der Waals surface area contributed by atoms with Gasteiger partial charge in [-0.05, 0) is 0 Å². The number of halogens is 5. The Morgan fingerprint density at radius 1 is 1.44 bits per heavy atom. The van der Waals surface area contributed by atoms with Crippen molar-refractivity contribution in [2.75, 3.05) is 0 Å². The van der Waals surface area contributed by atoms with Gasteiger partial charge in [0.25, 0.3) is 0 Å². The zero-order valence-electron chi connectivity index (χ0n) is 4.12. The van der Waals surface area contributed by atoms with Crippen molar-refractivity contribution in [3.63, 3.8) is 0 Å². The van der Waals surface area contributed by atoms with Crippen molar-refractivity contribution in [1.29, 1.82) is 0 Å². The summed E-state index contributed by atoms with van der Waals surface area (Å²) in [5.41, 5.74) is -2.24. The lowest BCUT2D eigenvalue weighted by Crippen LogP contribution is -2.06. The Morgan fingerprint density at radius 3 is 2.00 bits per heavy atom. The van der Waals surface area contributed by atoms with E-state index in [1.807, 2.05) is 0 Å². The number of hydrogen-bond acceptors (Lipinski definition) is 0. The van der Waals surface area contributed by atoms with Gasteiger partial charge >= 0.3 is 0 Å². The molecule has 0 heterocycles. The van der Waals surface area contributed by atoms with Crippen LogP contribution >= 0.6 is 23.2 Å². The third-order valence-corrected chi connectivity index (χ3v) is 0.893. The SMILES string of the molecule is FC(Cl)=CC(F)C(F)Cl. The van der Waals surface area contributed by atoms with E-state index in [0.29, 0.717) is 0 Å². The van der Waals surface area contributed by atoms with Crippen molar-refractivity contribution in [3.05, 3.63) is 11.4 Å². The Bertz CT molecular complexity index is 108. The first-order valence-corrected chi connectivity index (χ1v) is 2.80. The second-order valence-corrected chi connectivity index (χ2v) is 2.01. The molecular weight excluding hydrogens is 176 g/mol. The molecule has 0 spiro atoms. The van der Waals surface area contributed by atoms with E-state index in [2.05, 4.69) is 23.2 Å². The fourth-order valence-corrected chi connectivity index (χ4v) is 0.386. The summed E-state index contributed by atoms with van der Waals surface area (Å²) in [6.45, 7) is 0. The average molecular weight is 179 g/mol. The van der Waals surface area contributed by atoms with Crippen LogP contribution in [0.5, 0.6) is 0 Å². The second kappa shape index (κ2) is 4.01. The van der Waals surface area contributed by atoms with Crippen LogP contribution in [0.2, 0.25) is 0 Å². The molecular formula is C4H3Cl2F3. The van der Waals surface area contributed by atoms with Gasteiger partial charge in [-0.3, -0.25) is 0 Å². The summed E-state index contributed by atoms with van der Waals surface area (Å²) in [5.74, 6) is 0. The molecule has 0 radical (unpaired) electrons.